The summed E-state index contributed by atoms with van der Waals surface area (Å²) in [5.41, 5.74) is 5.98. The van der Waals surface area contributed by atoms with Crippen LogP contribution in [0.25, 0.3) is 0 Å². The van der Waals surface area contributed by atoms with E-state index in [-0.39, 0.29) is 23.9 Å². The third-order valence-corrected chi connectivity index (χ3v) is 2.85. The number of amides is 1. The van der Waals surface area contributed by atoms with Crippen LogP contribution in [0.15, 0.2) is 18.2 Å². The summed E-state index contributed by atoms with van der Waals surface area (Å²) < 4.78 is 26.3. The Morgan fingerprint density at radius 1 is 1.30 bits per heavy atom. The third-order valence-electron chi connectivity index (χ3n) is 2.85. The zero-order valence-corrected chi connectivity index (χ0v) is 12.6. The van der Waals surface area contributed by atoms with E-state index in [4.69, 9.17) is 5.73 Å². The zero-order valence-electron chi connectivity index (χ0n) is 11.8. The molecule has 3 N–H and O–H groups in total. The highest BCUT2D eigenvalue weighted by Crippen LogP contribution is 2.18. The van der Waals surface area contributed by atoms with E-state index in [9.17, 15) is 13.6 Å². The first-order chi connectivity index (χ1) is 8.81. The fourth-order valence-corrected chi connectivity index (χ4v) is 1.87. The standard InChI is InChI=1S/C14H20F2N2O.ClH/c1-8(2)6-13(17)14(19)18-9(3)11-5-4-10(15)7-12(11)16;/h4-5,7-9,13H,6,17H2,1-3H3,(H,18,19);1H/t9?,13-;/m0./s1. The van der Waals surface area contributed by atoms with Crippen LogP contribution in [0.1, 0.15) is 38.8 Å². The highest BCUT2D eigenvalue weighted by atomic mass is 35.5. The van der Waals surface area contributed by atoms with E-state index in [1.165, 1.54) is 6.07 Å². The molecule has 0 aliphatic heterocycles. The van der Waals surface area contributed by atoms with Gasteiger partial charge in [-0.1, -0.05) is 19.9 Å². The predicted octanol–water partition coefficient (Wildman–Crippen LogP) is 2.94. The van der Waals surface area contributed by atoms with Crippen molar-refractivity contribution in [2.45, 2.75) is 39.3 Å². The van der Waals surface area contributed by atoms with Crippen LogP contribution >= 0.6 is 12.4 Å². The lowest BCUT2D eigenvalue weighted by Gasteiger charge is -2.19. The van der Waals surface area contributed by atoms with E-state index in [1.54, 1.807) is 6.92 Å². The maximum atomic E-state index is 13.5. The van der Waals surface area contributed by atoms with Crippen LogP contribution in [-0.2, 0) is 4.79 Å². The van der Waals surface area contributed by atoms with Gasteiger partial charge >= 0.3 is 0 Å². The van der Waals surface area contributed by atoms with Crippen LogP contribution in [0.4, 0.5) is 8.78 Å². The highest BCUT2D eigenvalue weighted by Gasteiger charge is 2.19. The van der Waals surface area contributed by atoms with Crippen molar-refractivity contribution >= 4 is 18.3 Å². The molecule has 0 heterocycles. The number of hydrogen-bond acceptors (Lipinski definition) is 2. The van der Waals surface area contributed by atoms with E-state index in [2.05, 4.69) is 5.32 Å². The molecule has 0 aliphatic rings. The van der Waals surface area contributed by atoms with Crippen molar-refractivity contribution in [3.05, 3.63) is 35.4 Å². The minimum Gasteiger partial charge on any atom is -0.348 e. The average molecular weight is 307 g/mol. The molecule has 0 saturated carbocycles. The highest BCUT2D eigenvalue weighted by molar-refractivity contribution is 5.85. The van der Waals surface area contributed by atoms with Gasteiger partial charge in [-0.15, -0.1) is 12.4 Å². The molecule has 2 atom stereocenters. The Labute approximate surface area is 124 Å². The maximum Gasteiger partial charge on any atom is 0.237 e. The van der Waals surface area contributed by atoms with Gasteiger partial charge in [0, 0.05) is 11.6 Å². The Morgan fingerprint density at radius 3 is 2.40 bits per heavy atom. The molecule has 6 heteroatoms. The van der Waals surface area contributed by atoms with E-state index >= 15 is 0 Å². The van der Waals surface area contributed by atoms with Crippen LogP contribution in [0.2, 0.25) is 0 Å². The molecule has 0 radical (unpaired) electrons. The lowest BCUT2D eigenvalue weighted by atomic mass is 10.0. The molecule has 3 nitrogen and oxygen atoms in total. The molecular formula is C14H21ClF2N2O. The second kappa shape index (κ2) is 8.17. The summed E-state index contributed by atoms with van der Waals surface area (Å²) in [5.74, 6) is -1.34. The van der Waals surface area contributed by atoms with Crippen LogP contribution in [0.3, 0.4) is 0 Å². The fourth-order valence-electron chi connectivity index (χ4n) is 1.87. The molecule has 0 spiro atoms. The molecule has 1 amide bonds. The number of carbonyl (C=O) groups excluding carboxylic acids is 1. The molecule has 0 saturated heterocycles. The number of carbonyl (C=O) groups is 1. The topological polar surface area (TPSA) is 55.1 Å². The van der Waals surface area contributed by atoms with Gasteiger partial charge in [0.25, 0.3) is 0 Å². The summed E-state index contributed by atoms with van der Waals surface area (Å²) in [6.07, 6.45) is 0.560. The lowest BCUT2D eigenvalue weighted by molar-refractivity contribution is -0.123. The Balaban J connectivity index is 0.00000361. The zero-order chi connectivity index (χ0) is 14.6. The van der Waals surface area contributed by atoms with Crippen molar-refractivity contribution in [1.29, 1.82) is 0 Å². The van der Waals surface area contributed by atoms with E-state index in [1.807, 2.05) is 13.8 Å². The molecule has 0 aliphatic carbocycles. The second-order valence-corrected chi connectivity index (χ2v) is 5.13. The van der Waals surface area contributed by atoms with Crippen LogP contribution in [-0.4, -0.2) is 11.9 Å². The van der Waals surface area contributed by atoms with E-state index in [0.717, 1.165) is 12.1 Å². The van der Waals surface area contributed by atoms with Crippen LogP contribution in [0, 0.1) is 17.6 Å². The fraction of sp³-hybridized carbons (Fsp3) is 0.500. The molecule has 1 aromatic rings. The Bertz CT molecular complexity index is 455. The van der Waals surface area contributed by atoms with Crippen LogP contribution in [0.5, 0.6) is 0 Å². The van der Waals surface area contributed by atoms with Gasteiger partial charge in [-0.25, -0.2) is 8.78 Å². The Morgan fingerprint density at radius 2 is 1.90 bits per heavy atom. The van der Waals surface area contributed by atoms with Crippen molar-refractivity contribution in [2.24, 2.45) is 11.7 Å². The number of halogens is 3. The molecule has 1 rings (SSSR count). The second-order valence-electron chi connectivity index (χ2n) is 5.13. The SMILES string of the molecule is CC(C)C[C@H](N)C(=O)NC(C)c1ccc(F)cc1F.Cl. The number of benzene rings is 1. The smallest absolute Gasteiger partial charge is 0.237 e. The maximum absolute atomic E-state index is 13.5. The molecule has 0 bridgehead atoms. The van der Waals surface area contributed by atoms with Crippen molar-refractivity contribution in [2.75, 3.05) is 0 Å². The quantitative estimate of drug-likeness (QED) is 0.879. The van der Waals surface area contributed by atoms with E-state index in [0.29, 0.717) is 12.3 Å². The van der Waals surface area contributed by atoms with Crippen molar-refractivity contribution in [3.8, 4) is 0 Å². The number of rotatable bonds is 5. The Kier molecular flexibility index (Phi) is 7.68. The summed E-state index contributed by atoms with van der Waals surface area (Å²) in [6.45, 7) is 5.57. The van der Waals surface area contributed by atoms with E-state index < -0.39 is 23.7 Å². The molecule has 0 fully saturated rings. The number of hydrogen-bond donors (Lipinski definition) is 2. The molecular weight excluding hydrogens is 286 g/mol. The Hall–Kier alpha value is -1.20. The molecule has 1 unspecified atom stereocenters. The minimum atomic E-state index is -0.676. The number of nitrogens with two attached hydrogens (primary N) is 1. The average Bonchev–Trinajstić information content (AvgIpc) is 2.27. The lowest BCUT2D eigenvalue weighted by Crippen LogP contribution is -2.42. The molecule has 0 aromatic heterocycles. The first-order valence-electron chi connectivity index (χ1n) is 6.32. The summed E-state index contributed by atoms with van der Waals surface area (Å²) in [6, 6.07) is 2.11. The van der Waals surface area contributed by atoms with Gasteiger partial charge in [0.2, 0.25) is 5.91 Å². The minimum absolute atomic E-state index is 0. The summed E-state index contributed by atoms with van der Waals surface area (Å²) in [4.78, 5) is 11.8. The van der Waals surface area contributed by atoms with Gasteiger partial charge in [-0.2, -0.15) is 0 Å². The van der Waals surface area contributed by atoms with Gasteiger partial charge in [0.05, 0.1) is 12.1 Å². The van der Waals surface area contributed by atoms with Gasteiger partial charge in [-0.05, 0) is 25.3 Å². The molecule has 20 heavy (non-hydrogen) atoms. The molecule has 1 aromatic carbocycles. The largest absolute Gasteiger partial charge is 0.348 e. The normalized spacial score (nSPS) is 13.6. The van der Waals surface area contributed by atoms with Gasteiger partial charge in [-0.3, -0.25) is 4.79 Å². The summed E-state index contributed by atoms with van der Waals surface area (Å²) in [7, 11) is 0. The summed E-state index contributed by atoms with van der Waals surface area (Å²) in [5, 5.41) is 2.64. The molecule has 114 valence electrons. The monoisotopic (exact) mass is 306 g/mol. The van der Waals surface area contributed by atoms with Gasteiger partial charge in [0.15, 0.2) is 0 Å². The van der Waals surface area contributed by atoms with Crippen LogP contribution < -0.4 is 11.1 Å². The first kappa shape index (κ1) is 18.8. The number of nitrogens with one attached hydrogen (secondary N) is 1. The first-order valence-corrected chi connectivity index (χ1v) is 6.32. The third kappa shape index (κ3) is 5.43. The van der Waals surface area contributed by atoms with Crippen molar-refractivity contribution < 1.29 is 13.6 Å². The van der Waals surface area contributed by atoms with Crippen molar-refractivity contribution in [3.63, 3.8) is 0 Å². The van der Waals surface area contributed by atoms with Gasteiger partial charge < -0.3 is 11.1 Å². The predicted molar refractivity (Wildman–Crippen MR) is 77.6 cm³/mol. The van der Waals surface area contributed by atoms with Crippen molar-refractivity contribution in [1.82, 2.24) is 5.32 Å². The van der Waals surface area contributed by atoms with Gasteiger partial charge in [0.1, 0.15) is 11.6 Å². The summed E-state index contributed by atoms with van der Waals surface area (Å²) >= 11 is 0.